The molecule has 1 amide bonds. The quantitative estimate of drug-likeness (QED) is 0.761. The molecule has 1 heterocycles. The highest BCUT2D eigenvalue weighted by molar-refractivity contribution is 5.82. The first-order chi connectivity index (χ1) is 9.52. The molecule has 0 saturated carbocycles. The lowest BCUT2D eigenvalue weighted by Gasteiger charge is -2.28. The second-order valence-electron chi connectivity index (χ2n) is 5.87. The van der Waals surface area contributed by atoms with Gasteiger partial charge in [0.05, 0.1) is 11.6 Å². The van der Waals surface area contributed by atoms with Crippen molar-refractivity contribution in [2.75, 3.05) is 6.54 Å². The Labute approximate surface area is 120 Å². The van der Waals surface area contributed by atoms with Crippen LogP contribution in [0.2, 0.25) is 0 Å². The van der Waals surface area contributed by atoms with Crippen LogP contribution in [0, 0.1) is 0 Å². The van der Waals surface area contributed by atoms with Crippen molar-refractivity contribution in [3.63, 3.8) is 0 Å². The highest BCUT2D eigenvalue weighted by Crippen LogP contribution is 2.16. The number of hydrogen-bond donors (Lipinski definition) is 3. The Morgan fingerprint density at radius 3 is 2.85 bits per heavy atom. The molecule has 0 bridgehead atoms. The predicted octanol–water partition coefficient (Wildman–Crippen LogP) is 1.37. The van der Waals surface area contributed by atoms with Gasteiger partial charge in [-0.15, -0.1) is 0 Å². The van der Waals surface area contributed by atoms with Gasteiger partial charge in [-0.1, -0.05) is 37.6 Å². The third-order valence-electron chi connectivity index (χ3n) is 3.83. The number of nitrogens with one attached hydrogen (secondary N) is 2. The number of hydrogen-bond acceptors (Lipinski definition) is 3. The minimum atomic E-state index is -0.822. The van der Waals surface area contributed by atoms with Crippen LogP contribution in [0.5, 0.6) is 0 Å². The third kappa shape index (κ3) is 3.81. The molecule has 110 valence electrons. The molecule has 0 saturated heterocycles. The summed E-state index contributed by atoms with van der Waals surface area (Å²) < 4.78 is 0. The molecule has 1 aliphatic rings. The zero-order chi connectivity index (χ0) is 14.6. The standard InChI is InChI=1S/C16H24N2O2/c1-3-8-16(2,20)11-18-15(19)14-9-12-6-4-5-7-13(12)10-17-14/h4-7,14,17,20H,3,8-11H2,1-2H3,(H,18,19)/t14-,16?/m1/s1. The fourth-order valence-corrected chi connectivity index (χ4v) is 2.67. The topological polar surface area (TPSA) is 61.4 Å². The van der Waals surface area contributed by atoms with Crippen molar-refractivity contribution < 1.29 is 9.90 Å². The molecule has 2 rings (SSSR count). The van der Waals surface area contributed by atoms with Gasteiger partial charge in [-0.25, -0.2) is 0 Å². The van der Waals surface area contributed by atoms with Gasteiger partial charge in [0.2, 0.25) is 5.91 Å². The van der Waals surface area contributed by atoms with E-state index in [-0.39, 0.29) is 11.9 Å². The molecule has 0 radical (unpaired) electrons. The van der Waals surface area contributed by atoms with Crippen LogP contribution in [0.1, 0.15) is 37.8 Å². The first-order valence-corrected chi connectivity index (χ1v) is 7.32. The number of carbonyl (C=O) groups is 1. The van der Waals surface area contributed by atoms with E-state index < -0.39 is 5.60 Å². The Morgan fingerprint density at radius 2 is 2.15 bits per heavy atom. The van der Waals surface area contributed by atoms with Crippen LogP contribution < -0.4 is 10.6 Å². The maximum absolute atomic E-state index is 12.2. The molecule has 0 aliphatic carbocycles. The van der Waals surface area contributed by atoms with Crippen molar-refractivity contribution in [1.82, 2.24) is 10.6 Å². The molecule has 2 atom stereocenters. The van der Waals surface area contributed by atoms with Crippen molar-refractivity contribution in [3.05, 3.63) is 35.4 Å². The van der Waals surface area contributed by atoms with Gasteiger partial charge in [-0.2, -0.15) is 0 Å². The van der Waals surface area contributed by atoms with Crippen molar-refractivity contribution in [3.8, 4) is 0 Å². The fraction of sp³-hybridized carbons (Fsp3) is 0.562. The second kappa shape index (κ2) is 6.37. The normalized spacial score (nSPS) is 20.9. The number of benzene rings is 1. The maximum atomic E-state index is 12.2. The highest BCUT2D eigenvalue weighted by atomic mass is 16.3. The number of aliphatic hydroxyl groups is 1. The van der Waals surface area contributed by atoms with Crippen LogP contribution in [-0.2, 0) is 17.8 Å². The number of carbonyl (C=O) groups excluding carboxylic acids is 1. The Bertz CT molecular complexity index is 471. The van der Waals surface area contributed by atoms with Crippen LogP contribution in [0.3, 0.4) is 0 Å². The molecule has 1 aromatic carbocycles. The van der Waals surface area contributed by atoms with E-state index in [9.17, 15) is 9.90 Å². The smallest absolute Gasteiger partial charge is 0.237 e. The van der Waals surface area contributed by atoms with Gasteiger partial charge >= 0.3 is 0 Å². The lowest BCUT2D eigenvalue weighted by molar-refractivity contribution is -0.124. The average Bonchev–Trinajstić information content (AvgIpc) is 2.44. The van der Waals surface area contributed by atoms with E-state index in [0.717, 1.165) is 13.0 Å². The summed E-state index contributed by atoms with van der Waals surface area (Å²) in [6.45, 7) is 4.81. The van der Waals surface area contributed by atoms with Gasteiger partial charge in [0.1, 0.15) is 0 Å². The van der Waals surface area contributed by atoms with E-state index in [4.69, 9.17) is 0 Å². The number of fused-ring (bicyclic) bond motifs is 1. The van der Waals surface area contributed by atoms with Gasteiger partial charge in [0.15, 0.2) is 0 Å². The lowest BCUT2D eigenvalue weighted by atomic mass is 9.95. The molecule has 20 heavy (non-hydrogen) atoms. The summed E-state index contributed by atoms with van der Waals surface area (Å²) in [6, 6.07) is 7.97. The molecule has 4 heteroatoms. The van der Waals surface area contributed by atoms with Crippen LogP contribution in [0.15, 0.2) is 24.3 Å². The van der Waals surface area contributed by atoms with Gasteiger partial charge < -0.3 is 15.7 Å². The molecule has 0 spiro atoms. The zero-order valence-electron chi connectivity index (χ0n) is 12.3. The van der Waals surface area contributed by atoms with E-state index in [1.54, 1.807) is 6.92 Å². The Kier molecular flexibility index (Phi) is 4.78. The molecular formula is C16H24N2O2. The summed E-state index contributed by atoms with van der Waals surface area (Å²) in [6.07, 6.45) is 2.30. The molecular weight excluding hydrogens is 252 g/mol. The second-order valence-corrected chi connectivity index (χ2v) is 5.87. The first-order valence-electron chi connectivity index (χ1n) is 7.32. The minimum Gasteiger partial charge on any atom is -0.388 e. The van der Waals surface area contributed by atoms with E-state index in [1.807, 2.05) is 19.1 Å². The first kappa shape index (κ1) is 15.0. The number of rotatable bonds is 5. The van der Waals surface area contributed by atoms with Gasteiger partial charge in [-0.3, -0.25) is 4.79 Å². The minimum absolute atomic E-state index is 0.0316. The number of amides is 1. The third-order valence-corrected chi connectivity index (χ3v) is 3.83. The molecule has 0 aromatic heterocycles. The highest BCUT2D eigenvalue weighted by Gasteiger charge is 2.26. The van der Waals surface area contributed by atoms with Crippen molar-refractivity contribution >= 4 is 5.91 Å². The Hall–Kier alpha value is -1.39. The summed E-state index contributed by atoms with van der Waals surface area (Å²) in [5.41, 5.74) is 1.66. The largest absolute Gasteiger partial charge is 0.388 e. The summed E-state index contributed by atoms with van der Waals surface area (Å²) >= 11 is 0. The summed E-state index contributed by atoms with van der Waals surface area (Å²) in [4.78, 5) is 12.2. The van der Waals surface area contributed by atoms with E-state index >= 15 is 0 Å². The fourth-order valence-electron chi connectivity index (χ4n) is 2.67. The van der Waals surface area contributed by atoms with Gasteiger partial charge in [-0.05, 0) is 30.9 Å². The van der Waals surface area contributed by atoms with Crippen LogP contribution in [0.4, 0.5) is 0 Å². The summed E-state index contributed by atoms with van der Waals surface area (Å²) in [5.74, 6) is -0.0316. The Balaban J connectivity index is 1.89. The SMILES string of the molecule is CCCC(C)(O)CNC(=O)[C@H]1Cc2ccccc2CN1. The van der Waals surface area contributed by atoms with E-state index in [1.165, 1.54) is 11.1 Å². The van der Waals surface area contributed by atoms with Crippen LogP contribution in [0.25, 0.3) is 0 Å². The lowest BCUT2D eigenvalue weighted by Crippen LogP contribution is -2.51. The van der Waals surface area contributed by atoms with Crippen LogP contribution in [-0.4, -0.2) is 29.2 Å². The van der Waals surface area contributed by atoms with Gasteiger partial charge in [0, 0.05) is 13.1 Å². The van der Waals surface area contributed by atoms with E-state index in [0.29, 0.717) is 19.4 Å². The molecule has 4 nitrogen and oxygen atoms in total. The van der Waals surface area contributed by atoms with E-state index in [2.05, 4.69) is 22.8 Å². The van der Waals surface area contributed by atoms with Crippen LogP contribution >= 0.6 is 0 Å². The van der Waals surface area contributed by atoms with Crippen molar-refractivity contribution in [2.45, 2.75) is 51.3 Å². The average molecular weight is 276 g/mol. The molecule has 0 fully saturated rings. The zero-order valence-corrected chi connectivity index (χ0v) is 12.3. The van der Waals surface area contributed by atoms with Crippen molar-refractivity contribution in [2.24, 2.45) is 0 Å². The monoisotopic (exact) mass is 276 g/mol. The predicted molar refractivity (Wildman–Crippen MR) is 79.3 cm³/mol. The summed E-state index contributed by atoms with van der Waals surface area (Å²) in [5, 5.41) is 16.2. The maximum Gasteiger partial charge on any atom is 0.237 e. The summed E-state index contributed by atoms with van der Waals surface area (Å²) in [7, 11) is 0. The molecule has 1 aliphatic heterocycles. The molecule has 3 N–H and O–H groups in total. The molecule has 1 unspecified atom stereocenters. The molecule has 1 aromatic rings. The van der Waals surface area contributed by atoms with Gasteiger partial charge in [0.25, 0.3) is 0 Å². The van der Waals surface area contributed by atoms with Crippen molar-refractivity contribution in [1.29, 1.82) is 0 Å². The Morgan fingerprint density at radius 1 is 1.45 bits per heavy atom.